The molecule has 1 atom stereocenters. The van der Waals surface area contributed by atoms with Crippen LogP contribution in [0, 0.1) is 12.8 Å². The molecule has 19 heavy (non-hydrogen) atoms. The van der Waals surface area contributed by atoms with Gasteiger partial charge in [-0.2, -0.15) is 0 Å². The van der Waals surface area contributed by atoms with Gasteiger partial charge in [0.05, 0.1) is 6.10 Å². The number of hydrogen-bond acceptors (Lipinski definition) is 2. The van der Waals surface area contributed by atoms with Crippen molar-refractivity contribution < 1.29 is 9.90 Å². The van der Waals surface area contributed by atoms with Crippen molar-refractivity contribution in [2.45, 2.75) is 32.8 Å². The molecule has 1 aliphatic rings. The van der Waals surface area contributed by atoms with Gasteiger partial charge in [0.15, 0.2) is 0 Å². The van der Waals surface area contributed by atoms with Gasteiger partial charge in [0.2, 0.25) is 0 Å². The Balaban J connectivity index is 1.86. The predicted molar refractivity (Wildman–Crippen MR) is 76.2 cm³/mol. The predicted octanol–water partition coefficient (Wildman–Crippen LogP) is 2.62. The third-order valence-corrected chi connectivity index (χ3v) is 3.81. The standard InChI is InChI=1S/C15H22N2O2/c1-11-3-5-14(6-4-11)16-15(19)17-9-7-13(8-10-17)12(2)18/h3-6,12-13,18H,7-10H2,1-2H3,(H,16,19). The zero-order chi connectivity index (χ0) is 13.8. The lowest BCUT2D eigenvalue weighted by atomic mass is 9.92. The van der Waals surface area contributed by atoms with Gasteiger partial charge in [0, 0.05) is 18.8 Å². The molecule has 1 aromatic carbocycles. The third kappa shape index (κ3) is 3.70. The van der Waals surface area contributed by atoms with E-state index in [9.17, 15) is 9.90 Å². The number of nitrogens with zero attached hydrogens (tertiary/aromatic N) is 1. The van der Waals surface area contributed by atoms with E-state index in [1.165, 1.54) is 5.56 Å². The molecule has 0 spiro atoms. The molecule has 0 bridgehead atoms. The number of amides is 2. The second-order valence-corrected chi connectivity index (χ2v) is 5.36. The molecule has 2 N–H and O–H groups in total. The van der Waals surface area contributed by atoms with Crippen molar-refractivity contribution in [2.75, 3.05) is 18.4 Å². The van der Waals surface area contributed by atoms with Crippen molar-refractivity contribution >= 4 is 11.7 Å². The average molecular weight is 262 g/mol. The van der Waals surface area contributed by atoms with Crippen molar-refractivity contribution in [2.24, 2.45) is 5.92 Å². The number of anilines is 1. The van der Waals surface area contributed by atoms with Crippen LogP contribution >= 0.6 is 0 Å². The number of carbonyl (C=O) groups is 1. The molecule has 1 aliphatic heterocycles. The number of aliphatic hydroxyl groups is 1. The fourth-order valence-corrected chi connectivity index (χ4v) is 2.42. The van der Waals surface area contributed by atoms with Crippen molar-refractivity contribution in [3.63, 3.8) is 0 Å². The SMILES string of the molecule is Cc1ccc(NC(=O)N2CCC(C(C)O)CC2)cc1. The van der Waals surface area contributed by atoms with Gasteiger partial charge in [-0.3, -0.25) is 0 Å². The van der Waals surface area contributed by atoms with Gasteiger partial charge in [0.1, 0.15) is 0 Å². The van der Waals surface area contributed by atoms with Gasteiger partial charge in [-0.25, -0.2) is 4.79 Å². The van der Waals surface area contributed by atoms with Crippen LogP contribution in [0.4, 0.5) is 10.5 Å². The van der Waals surface area contributed by atoms with Crippen molar-refractivity contribution in [1.29, 1.82) is 0 Å². The molecule has 2 rings (SSSR count). The molecule has 1 saturated heterocycles. The monoisotopic (exact) mass is 262 g/mol. The summed E-state index contributed by atoms with van der Waals surface area (Å²) in [4.78, 5) is 13.9. The molecule has 4 nitrogen and oxygen atoms in total. The van der Waals surface area contributed by atoms with E-state index in [1.54, 1.807) is 0 Å². The van der Waals surface area contributed by atoms with E-state index in [0.717, 1.165) is 18.5 Å². The first-order valence-electron chi connectivity index (χ1n) is 6.87. The lowest BCUT2D eigenvalue weighted by molar-refractivity contribution is 0.0820. The molecule has 104 valence electrons. The highest BCUT2D eigenvalue weighted by molar-refractivity contribution is 5.89. The number of likely N-dealkylation sites (tertiary alicyclic amines) is 1. The molecule has 2 amide bonds. The largest absolute Gasteiger partial charge is 0.393 e. The maximum absolute atomic E-state index is 12.1. The summed E-state index contributed by atoms with van der Waals surface area (Å²) in [5, 5.41) is 12.5. The molecule has 0 saturated carbocycles. The normalized spacial score (nSPS) is 18.2. The van der Waals surface area contributed by atoms with E-state index in [4.69, 9.17) is 0 Å². The van der Waals surface area contributed by atoms with E-state index in [1.807, 2.05) is 43.0 Å². The van der Waals surface area contributed by atoms with E-state index in [0.29, 0.717) is 19.0 Å². The Morgan fingerprint density at radius 2 is 1.89 bits per heavy atom. The second-order valence-electron chi connectivity index (χ2n) is 5.36. The third-order valence-electron chi connectivity index (χ3n) is 3.81. The quantitative estimate of drug-likeness (QED) is 0.861. The summed E-state index contributed by atoms with van der Waals surface area (Å²) in [6.45, 7) is 5.28. The van der Waals surface area contributed by atoms with Crippen LogP contribution < -0.4 is 5.32 Å². The molecule has 0 aliphatic carbocycles. The number of carbonyl (C=O) groups excluding carboxylic acids is 1. The van der Waals surface area contributed by atoms with Gasteiger partial charge in [0.25, 0.3) is 0 Å². The summed E-state index contributed by atoms with van der Waals surface area (Å²) in [5.41, 5.74) is 2.00. The Labute approximate surface area is 114 Å². The molecule has 1 unspecified atom stereocenters. The summed E-state index contributed by atoms with van der Waals surface area (Å²) < 4.78 is 0. The van der Waals surface area contributed by atoms with E-state index < -0.39 is 0 Å². The molecule has 0 aromatic heterocycles. The second kappa shape index (κ2) is 6.06. The molecular weight excluding hydrogens is 240 g/mol. The highest BCUT2D eigenvalue weighted by Gasteiger charge is 2.25. The fraction of sp³-hybridized carbons (Fsp3) is 0.533. The van der Waals surface area contributed by atoms with Crippen LogP contribution in [0.3, 0.4) is 0 Å². The molecule has 4 heteroatoms. The summed E-state index contributed by atoms with van der Waals surface area (Å²) in [7, 11) is 0. The van der Waals surface area contributed by atoms with Gasteiger partial charge in [-0.15, -0.1) is 0 Å². The number of nitrogens with one attached hydrogen (secondary N) is 1. The number of urea groups is 1. The average Bonchev–Trinajstić information content (AvgIpc) is 2.41. The lowest BCUT2D eigenvalue weighted by Gasteiger charge is -2.33. The minimum atomic E-state index is -0.276. The van der Waals surface area contributed by atoms with Gasteiger partial charge in [-0.05, 0) is 44.7 Å². The van der Waals surface area contributed by atoms with Crippen LogP contribution in [-0.4, -0.2) is 35.2 Å². The van der Waals surface area contributed by atoms with Gasteiger partial charge in [-0.1, -0.05) is 17.7 Å². The molecule has 1 fully saturated rings. The summed E-state index contributed by atoms with van der Waals surface area (Å²) in [6, 6.07) is 7.74. The number of piperidine rings is 1. The first kappa shape index (κ1) is 13.9. The Bertz CT molecular complexity index is 420. The van der Waals surface area contributed by atoms with Crippen LogP contribution in [0.5, 0.6) is 0 Å². The van der Waals surface area contributed by atoms with Crippen molar-refractivity contribution in [1.82, 2.24) is 4.90 Å². The van der Waals surface area contributed by atoms with Gasteiger partial charge < -0.3 is 15.3 Å². The highest BCUT2D eigenvalue weighted by Crippen LogP contribution is 2.21. The molecular formula is C15H22N2O2. The molecule has 0 radical (unpaired) electrons. The number of aliphatic hydroxyl groups excluding tert-OH is 1. The lowest BCUT2D eigenvalue weighted by Crippen LogP contribution is -2.42. The number of hydrogen-bond donors (Lipinski definition) is 2. The Morgan fingerprint density at radius 3 is 2.42 bits per heavy atom. The smallest absolute Gasteiger partial charge is 0.321 e. The maximum Gasteiger partial charge on any atom is 0.321 e. The maximum atomic E-state index is 12.1. The summed E-state index contributed by atoms with van der Waals surface area (Å²) >= 11 is 0. The highest BCUT2D eigenvalue weighted by atomic mass is 16.3. The van der Waals surface area contributed by atoms with E-state index >= 15 is 0 Å². The van der Waals surface area contributed by atoms with Crippen LogP contribution in [-0.2, 0) is 0 Å². The summed E-state index contributed by atoms with van der Waals surface area (Å²) in [5.74, 6) is 0.323. The van der Waals surface area contributed by atoms with Crippen molar-refractivity contribution in [3.8, 4) is 0 Å². The van der Waals surface area contributed by atoms with Crippen LogP contribution in [0.15, 0.2) is 24.3 Å². The zero-order valence-electron chi connectivity index (χ0n) is 11.6. The number of rotatable bonds is 2. The topological polar surface area (TPSA) is 52.6 Å². The summed E-state index contributed by atoms with van der Waals surface area (Å²) in [6.07, 6.45) is 1.47. The van der Waals surface area contributed by atoms with Gasteiger partial charge >= 0.3 is 6.03 Å². The van der Waals surface area contributed by atoms with Crippen LogP contribution in [0.25, 0.3) is 0 Å². The molecule has 1 heterocycles. The zero-order valence-corrected chi connectivity index (χ0v) is 11.6. The number of aryl methyl sites for hydroxylation is 1. The van der Waals surface area contributed by atoms with E-state index in [-0.39, 0.29) is 12.1 Å². The Hall–Kier alpha value is -1.55. The van der Waals surface area contributed by atoms with Crippen LogP contribution in [0.1, 0.15) is 25.3 Å². The molecule has 1 aromatic rings. The first-order valence-corrected chi connectivity index (χ1v) is 6.87. The van der Waals surface area contributed by atoms with Crippen LogP contribution in [0.2, 0.25) is 0 Å². The minimum absolute atomic E-state index is 0.0482. The minimum Gasteiger partial charge on any atom is -0.393 e. The Kier molecular flexibility index (Phi) is 4.43. The Morgan fingerprint density at radius 1 is 1.32 bits per heavy atom. The number of benzene rings is 1. The first-order chi connectivity index (χ1) is 9.06. The fourth-order valence-electron chi connectivity index (χ4n) is 2.42. The van der Waals surface area contributed by atoms with E-state index in [2.05, 4.69) is 5.32 Å². The van der Waals surface area contributed by atoms with Crippen molar-refractivity contribution in [3.05, 3.63) is 29.8 Å².